The van der Waals surface area contributed by atoms with Crippen LogP contribution in [0.5, 0.6) is 0 Å². The van der Waals surface area contributed by atoms with Crippen LogP contribution < -0.4 is 5.32 Å². The van der Waals surface area contributed by atoms with Gasteiger partial charge in [-0.05, 0) is 30.7 Å². The highest BCUT2D eigenvalue weighted by Crippen LogP contribution is 2.36. The Balaban J connectivity index is 1.98. The predicted molar refractivity (Wildman–Crippen MR) is 100.0 cm³/mol. The summed E-state index contributed by atoms with van der Waals surface area (Å²) >= 11 is 1.08. The van der Waals surface area contributed by atoms with Crippen molar-refractivity contribution in [3.8, 4) is 10.4 Å². The van der Waals surface area contributed by atoms with Crippen molar-refractivity contribution in [1.29, 1.82) is 0 Å². The maximum Gasteiger partial charge on any atom is 0.341 e. The molecule has 3 aromatic rings. The van der Waals surface area contributed by atoms with Crippen LogP contribution in [0.4, 0.5) is 18.2 Å². The first-order chi connectivity index (χ1) is 13.4. The van der Waals surface area contributed by atoms with Gasteiger partial charge in [-0.2, -0.15) is 0 Å². The summed E-state index contributed by atoms with van der Waals surface area (Å²) < 4.78 is 45.4. The zero-order valence-electron chi connectivity index (χ0n) is 14.6. The molecular formula is C20H14F3NO3S. The van der Waals surface area contributed by atoms with Crippen LogP contribution in [0.2, 0.25) is 0 Å². The first-order valence-electron chi connectivity index (χ1n) is 8.23. The van der Waals surface area contributed by atoms with Crippen LogP contribution in [-0.2, 0) is 4.74 Å². The Kier molecular flexibility index (Phi) is 5.79. The number of carbonyl (C=O) groups excluding carboxylic acids is 2. The summed E-state index contributed by atoms with van der Waals surface area (Å²) in [6.45, 7) is 1.76. The molecule has 8 heteroatoms. The number of anilines is 1. The maximum absolute atomic E-state index is 13.9. The second-order valence-corrected chi connectivity index (χ2v) is 6.67. The van der Waals surface area contributed by atoms with E-state index in [1.165, 1.54) is 0 Å². The third-order valence-corrected chi connectivity index (χ3v) is 4.89. The van der Waals surface area contributed by atoms with Crippen LogP contribution in [0.1, 0.15) is 27.6 Å². The van der Waals surface area contributed by atoms with Crippen LogP contribution in [0.25, 0.3) is 10.4 Å². The molecule has 1 N–H and O–H groups in total. The van der Waals surface area contributed by atoms with Gasteiger partial charge in [-0.1, -0.05) is 30.3 Å². The number of esters is 1. The molecule has 1 aromatic heterocycles. The molecule has 4 nitrogen and oxygen atoms in total. The lowest BCUT2D eigenvalue weighted by molar-refractivity contribution is 0.0528. The molecule has 1 amide bonds. The van der Waals surface area contributed by atoms with Gasteiger partial charge in [0.1, 0.15) is 5.00 Å². The fourth-order valence-corrected chi connectivity index (χ4v) is 3.51. The molecule has 1 heterocycles. The molecule has 0 saturated carbocycles. The number of amides is 1. The smallest absolute Gasteiger partial charge is 0.341 e. The molecule has 3 rings (SSSR count). The number of ether oxygens (including phenoxy) is 1. The van der Waals surface area contributed by atoms with Crippen LogP contribution in [0.3, 0.4) is 0 Å². The van der Waals surface area contributed by atoms with Crippen molar-refractivity contribution in [2.75, 3.05) is 11.9 Å². The lowest BCUT2D eigenvalue weighted by Gasteiger charge is -2.07. The number of benzene rings is 2. The Hall–Kier alpha value is -3.13. The lowest BCUT2D eigenvalue weighted by atomic mass is 10.1. The fraction of sp³-hybridized carbons (Fsp3) is 0.100. The second-order valence-electron chi connectivity index (χ2n) is 5.62. The van der Waals surface area contributed by atoms with E-state index in [0.717, 1.165) is 23.0 Å². The first kappa shape index (κ1) is 19.6. The predicted octanol–water partition coefficient (Wildman–Crippen LogP) is 5.26. The van der Waals surface area contributed by atoms with Crippen molar-refractivity contribution in [2.45, 2.75) is 6.92 Å². The average Bonchev–Trinajstić information content (AvgIpc) is 3.11. The fourth-order valence-electron chi connectivity index (χ4n) is 2.46. The summed E-state index contributed by atoms with van der Waals surface area (Å²) in [5.74, 6) is -6.42. The standard InChI is InChI=1S/C20H14F3NO3S/c1-2-27-20(26)13-10-15(11-6-4-3-5-7-11)28-19(13)24-18(25)12-8-9-14(21)17(23)16(12)22/h3-10H,2H2,1H3,(H,24,25). The summed E-state index contributed by atoms with van der Waals surface area (Å²) in [6.07, 6.45) is 0. The van der Waals surface area contributed by atoms with E-state index < -0.39 is 34.9 Å². The maximum atomic E-state index is 13.9. The van der Waals surface area contributed by atoms with Gasteiger partial charge < -0.3 is 10.1 Å². The summed E-state index contributed by atoms with van der Waals surface area (Å²) in [6, 6.07) is 12.1. The van der Waals surface area contributed by atoms with Crippen LogP contribution in [-0.4, -0.2) is 18.5 Å². The van der Waals surface area contributed by atoms with Crippen molar-refractivity contribution in [1.82, 2.24) is 0 Å². The average molecular weight is 405 g/mol. The molecule has 0 radical (unpaired) electrons. The zero-order valence-corrected chi connectivity index (χ0v) is 15.4. The molecule has 2 aromatic carbocycles. The Morgan fingerprint density at radius 3 is 2.39 bits per heavy atom. The van der Waals surface area contributed by atoms with E-state index in [2.05, 4.69) is 5.32 Å². The minimum Gasteiger partial charge on any atom is -0.462 e. The SMILES string of the molecule is CCOC(=O)c1cc(-c2ccccc2)sc1NC(=O)c1ccc(F)c(F)c1F. The lowest BCUT2D eigenvalue weighted by Crippen LogP contribution is -2.16. The summed E-state index contributed by atoms with van der Waals surface area (Å²) in [5, 5.41) is 2.51. The van der Waals surface area contributed by atoms with Crippen molar-refractivity contribution in [3.05, 3.63) is 77.1 Å². The van der Waals surface area contributed by atoms with Crippen LogP contribution >= 0.6 is 11.3 Å². The van der Waals surface area contributed by atoms with Gasteiger partial charge in [-0.3, -0.25) is 4.79 Å². The van der Waals surface area contributed by atoms with Gasteiger partial charge in [0.2, 0.25) is 0 Å². The van der Waals surface area contributed by atoms with Gasteiger partial charge in [0.15, 0.2) is 17.5 Å². The monoisotopic (exact) mass is 405 g/mol. The van der Waals surface area contributed by atoms with E-state index in [0.29, 0.717) is 10.9 Å². The third kappa shape index (κ3) is 3.91. The van der Waals surface area contributed by atoms with E-state index in [-0.39, 0.29) is 17.2 Å². The Morgan fingerprint density at radius 2 is 1.71 bits per heavy atom. The van der Waals surface area contributed by atoms with Gasteiger partial charge in [0.25, 0.3) is 5.91 Å². The number of halogens is 3. The number of carbonyl (C=O) groups is 2. The molecule has 144 valence electrons. The van der Waals surface area contributed by atoms with E-state index in [4.69, 9.17) is 4.74 Å². The number of nitrogens with one attached hydrogen (secondary N) is 1. The minimum absolute atomic E-state index is 0.0852. The summed E-state index contributed by atoms with van der Waals surface area (Å²) in [5.41, 5.74) is 0.211. The zero-order chi connectivity index (χ0) is 20.3. The molecular weight excluding hydrogens is 391 g/mol. The molecule has 0 aliphatic carbocycles. The number of hydrogen-bond donors (Lipinski definition) is 1. The molecule has 0 spiro atoms. The summed E-state index contributed by atoms with van der Waals surface area (Å²) in [7, 11) is 0. The first-order valence-corrected chi connectivity index (χ1v) is 9.05. The van der Waals surface area contributed by atoms with Gasteiger partial charge in [0, 0.05) is 4.88 Å². The number of hydrogen-bond acceptors (Lipinski definition) is 4. The van der Waals surface area contributed by atoms with Crippen LogP contribution in [0.15, 0.2) is 48.5 Å². The van der Waals surface area contributed by atoms with E-state index in [9.17, 15) is 22.8 Å². The molecule has 0 aliphatic heterocycles. The third-order valence-electron chi connectivity index (χ3n) is 3.79. The van der Waals surface area contributed by atoms with Crippen LogP contribution in [0, 0.1) is 17.5 Å². The minimum atomic E-state index is -1.74. The molecule has 0 fully saturated rings. The Morgan fingerprint density at radius 1 is 1.00 bits per heavy atom. The van der Waals surface area contributed by atoms with Crippen molar-refractivity contribution < 1.29 is 27.5 Å². The number of rotatable bonds is 5. The second kappa shape index (κ2) is 8.26. The molecule has 0 saturated heterocycles. The van der Waals surface area contributed by atoms with Gasteiger partial charge in [-0.15, -0.1) is 11.3 Å². The van der Waals surface area contributed by atoms with Gasteiger partial charge in [0.05, 0.1) is 17.7 Å². The van der Waals surface area contributed by atoms with E-state index in [1.807, 2.05) is 30.3 Å². The highest BCUT2D eigenvalue weighted by atomic mass is 32.1. The van der Waals surface area contributed by atoms with Gasteiger partial charge in [-0.25, -0.2) is 18.0 Å². The normalized spacial score (nSPS) is 10.6. The largest absolute Gasteiger partial charge is 0.462 e. The van der Waals surface area contributed by atoms with E-state index >= 15 is 0 Å². The summed E-state index contributed by atoms with van der Waals surface area (Å²) in [4.78, 5) is 25.3. The highest BCUT2D eigenvalue weighted by Gasteiger charge is 2.23. The Labute approximate surface area is 162 Å². The molecule has 0 bridgehead atoms. The molecule has 28 heavy (non-hydrogen) atoms. The van der Waals surface area contributed by atoms with Gasteiger partial charge >= 0.3 is 5.97 Å². The van der Waals surface area contributed by atoms with E-state index in [1.54, 1.807) is 13.0 Å². The molecule has 0 unspecified atom stereocenters. The Bertz CT molecular complexity index is 1030. The van der Waals surface area contributed by atoms with Crippen molar-refractivity contribution in [3.63, 3.8) is 0 Å². The highest BCUT2D eigenvalue weighted by molar-refractivity contribution is 7.20. The molecule has 0 aliphatic rings. The quantitative estimate of drug-likeness (QED) is 0.465. The van der Waals surface area contributed by atoms with Crippen molar-refractivity contribution >= 4 is 28.2 Å². The van der Waals surface area contributed by atoms with Crippen molar-refractivity contribution in [2.24, 2.45) is 0 Å². The topological polar surface area (TPSA) is 55.4 Å². The number of thiophene rings is 1. The molecule has 0 atom stereocenters.